The molecule has 3 aromatic rings. The number of ether oxygens (including phenoxy) is 4. The molecule has 3 fully saturated rings. The molecule has 0 saturated carbocycles. The lowest BCUT2D eigenvalue weighted by Crippen LogP contribution is -2.33. The molecular formula is C37H44Cl2N4O8. The van der Waals surface area contributed by atoms with Crippen molar-refractivity contribution in [3.05, 3.63) is 120 Å². The Hall–Kier alpha value is -4.33. The smallest absolute Gasteiger partial charge is 0.410 e. The van der Waals surface area contributed by atoms with Gasteiger partial charge in [-0.05, 0) is 16.7 Å². The van der Waals surface area contributed by atoms with Crippen LogP contribution in [0.15, 0.2) is 103 Å². The van der Waals surface area contributed by atoms with Gasteiger partial charge in [0.25, 0.3) is 0 Å². The average Bonchev–Trinajstić information content (AvgIpc) is 3.50. The number of β-amino-alcohol motifs (C(OH)–C–C–N with tert-alkyl or cyclic N) is 1. The van der Waals surface area contributed by atoms with E-state index in [0.717, 1.165) is 16.7 Å². The molecule has 0 bridgehead atoms. The molecule has 51 heavy (non-hydrogen) atoms. The Kier molecular flexibility index (Phi) is 16.3. The number of hydrogen-bond acceptors (Lipinski definition) is 9. The van der Waals surface area contributed by atoms with Gasteiger partial charge < -0.3 is 44.5 Å². The number of nitrogens with two attached hydrogens (primary N) is 1. The fraction of sp³-hybridized carbons (Fsp3) is 0.378. The minimum Gasteiger partial charge on any atom is -0.445 e. The van der Waals surface area contributed by atoms with Crippen molar-refractivity contribution < 1.29 is 38.4 Å². The summed E-state index contributed by atoms with van der Waals surface area (Å²) >= 11 is 9.53. The van der Waals surface area contributed by atoms with Gasteiger partial charge in [0, 0.05) is 19.6 Å². The Balaban J connectivity index is 0.000000165. The van der Waals surface area contributed by atoms with Crippen molar-refractivity contribution in [3.8, 4) is 0 Å². The minimum atomic E-state index is -0.653. The molecule has 4 aliphatic heterocycles. The van der Waals surface area contributed by atoms with Crippen LogP contribution in [0.5, 0.6) is 0 Å². The summed E-state index contributed by atoms with van der Waals surface area (Å²) in [6.07, 6.45) is 2.89. The number of halogens is 2. The lowest BCUT2D eigenvalue weighted by Gasteiger charge is -2.16. The van der Waals surface area contributed by atoms with Gasteiger partial charge in [0.15, 0.2) is 0 Å². The summed E-state index contributed by atoms with van der Waals surface area (Å²) in [5.41, 5.74) is 8.57. The number of epoxide rings is 1. The quantitative estimate of drug-likeness (QED) is 0.148. The van der Waals surface area contributed by atoms with E-state index in [-0.39, 0.29) is 48.9 Å². The van der Waals surface area contributed by atoms with E-state index in [1.54, 1.807) is 9.80 Å². The summed E-state index contributed by atoms with van der Waals surface area (Å²) in [5.74, 6) is 0. The number of aliphatic hydroxyl groups excluding tert-OH is 1. The summed E-state index contributed by atoms with van der Waals surface area (Å²) in [7, 11) is 0. The molecule has 14 heteroatoms. The molecule has 0 spiro atoms. The summed E-state index contributed by atoms with van der Waals surface area (Å²) in [5, 5.41) is 9.62. The minimum absolute atomic E-state index is 0.194. The maximum absolute atomic E-state index is 11.6. The van der Waals surface area contributed by atoms with Crippen molar-refractivity contribution in [2.24, 2.45) is 5.73 Å². The van der Waals surface area contributed by atoms with E-state index in [1.807, 2.05) is 103 Å². The number of alkyl halides is 2. The molecule has 3 saturated heterocycles. The fourth-order valence-corrected chi connectivity index (χ4v) is 5.18. The summed E-state index contributed by atoms with van der Waals surface area (Å²) in [6.45, 7) is 4.19. The number of amides is 3. The van der Waals surface area contributed by atoms with Gasteiger partial charge in [-0.15, -0.1) is 23.2 Å². The second-order valence-corrected chi connectivity index (χ2v) is 12.7. The van der Waals surface area contributed by atoms with E-state index in [2.05, 4.69) is 0 Å². The predicted molar refractivity (Wildman–Crippen MR) is 193 cm³/mol. The van der Waals surface area contributed by atoms with Crippen molar-refractivity contribution >= 4 is 41.5 Å². The second-order valence-electron chi connectivity index (χ2n) is 11.9. The number of rotatable bonds is 6. The SMILES string of the molecule is ClCCl.N[C@H]1CN(C(=O)OCc2ccccc2)C[C@@H]1O.O=C(OCc1ccccc1)N1CC2OC2C1.O=C(OCc1ccccc1)N1CC=CC1. The standard InChI is InChI=1S/C12H16N2O3.C12H13NO3.C12H13NO2.CH2Cl2/c13-10-6-14(7-11(10)15)12(16)17-8-9-4-2-1-3-5-9;14-12(13-6-10-11(7-13)16-10)15-8-9-4-2-1-3-5-9;14-12(13-8-4-5-9-13)15-10-11-6-2-1-3-7-11;2-1-3/h1-5,10-11,15H,6-8,13H2;1-5,10-11H,6-8H2;1-7H,8-10H2;1H2/t10-,11-;;;/m0.../s1. The van der Waals surface area contributed by atoms with Gasteiger partial charge in [-0.1, -0.05) is 103 Å². The first kappa shape index (κ1) is 39.5. The van der Waals surface area contributed by atoms with E-state index < -0.39 is 12.2 Å². The third kappa shape index (κ3) is 13.7. The van der Waals surface area contributed by atoms with Crippen LogP contribution in [0, 0.1) is 0 Å². The van der Waals surface area contributed by atoms with Gasteiger partial charge in [0.1, 0.15) is 32.0 Å². The summed E-state index contributed by atoms with van der Waals surface area (Å²) in [6, 6.07) is 28.5. The topological polar surface area (TPSA) is 147 Å². The van der Waals surface area contributed by atoms with Gasteiger partial charge in [-0.3, -0.25) is 0 Å². The van der Waals surface area contributed by atoms with Crippen LogP contribution in [0.4, 0.5) is 14.4 Å². The summed E-state index contributed by atoms with van der Waals surface area (Å²) < 4.78 is 20.7. The number of carbonyl (C=O) groups is 3. The van der Waals surface area contributed by atoms with Crippen LogP contribution in [0.2, 0.25) is 0 Å². The number of hydrogen-bond donors (Lipinski definition) is 2. The highest BCUT2D eigenvalue weighted by atomic mass is 35.5. The highest BCUT2D eigenvalue weighted by Gasteiger charge is 2.49. The Labute approximate surface area is 308 Å². The van der Waals surface area contributed by atoms with Crippen LogP contribution < -0.4 is 5.73 Å². The van der Waals surface area contributed by atoms with Gasteiger partial charge in [-0.25, -0.2) is 14.4 Å². The van der Waals surface area contributed by atoms with Gasteiger partial charge >= 0.3 is 18.3 Å². The number of morpholine rings is 1. The number of nitrogens with zero attached hydrogens (tertiary/aromatic N) is 3. The second kappa shape index (κ2) is 21.1. The van der Waals surface area contributed by atoms with Gasteiger partial charge in [0.05, 0.1) is 37.1 Å². The largest absolute Gasteiger partial charge is 0.445 e. The summed E-state index contributed by atoms with van der Waals surface area (Å²) in [4.78, 5) is 39.6. The van der Waals surface area contributed by atoms with Crippen LogP contribution in [0.3, 0.4) is 0 Å². The average molecular weight is 744 g/mol. The molecule has 3 N–H and O–H groups in total. The predicted octanol–water partition coefficient (Wildman–Crippen LogP) is 5.35. The number of fused-ring (bicyclic) bond motifs is 1. The maximum atomic E-state index is 11.6. The molecule has 0 aromatic heterocycles. The monoisotopic (exact) mass is 742 g/mol. The molecule has 274 valence electrons. The number of likely N-dealkylation sites (tertiary alicyclic amines) is 2. The third-order valence-electron chi connectivity index (χ3n) is 8.03. The highest BCUT2D eigenvalue weighted by molar-refractivity contribution is 6.40. The molecule has 7 rings (SSSR count). The zero-order chi connectivity index (χ0) is 36.4. The Bertz CT molecular complexity index is 1490. The molecule has 4 aliphatic rings. The first-order chi connectivity index (χ1) is 24.8. The molecular weight excluding hydrogens is 699 g/mol. The first-order valence-electron chi connectivity index (χ1n) is 16.5. The molecule has 4 heterocycles. The highest BCUT2D eigenvalue weighted by Crippen LogP contribution is 2.30. The van der Waals surface area contributed by atoms with E-state index in [9.17, 15) is 19.5 Å². The molecule has 12 nitrogen and oxygen atoms in total. The molecule has 2 unspecified atom stereocenters. The Morgan fingerprint density at radius 1 is 0.627 bits per heavy atom. The molecule has 4 atom stereocenters. The van der Waals surface area contributed by atoms with E-state index in [1.165, 1.54) is 4.90 Å². The van der Waals surface area contributed by atoms with Crippen molar-refractivity contribution in [2.75, 3.05) is 44.6 Å². The lowest BCUT2D eigenvalue weighted by atomic mass is 10.2. The van der Waals surface area contributed by atoms with Crippen molar-refractivity contribution in [3.63, 3.8) is 0 Å². The maximum Gasteiger partial charge on any atom is 0.410 e. The van der Waals surface area contributed by atoms with Crippen LogP contribution >= 0.6 is 23.2 Å². The normalized spacial score (nSPS) is 20.7. The zero-order valence-corrected chi connectivity index (χ0v) is 29.7. The molecule has 3 amide bonds. The van der Waals surface area contributed by atoms with Crippen LogP contribution in [0.1, 0.15) is 16.7 Å². The Morgan fingerprint density at radius 2 is 0.980 bits per heavy atom. The van der Waals surface area contributed by atoms with E-state index >= 15 is 0 Å². The lowest BCUT2D eigenvalue weighted by molar-refractivity contribution is 0.0902. The van der Waals surface area contributed by atoms with Gasteiger partial charge in [-0.2, -0.15) is 0 Å². The van der Waals surface area contributed by atoms with Gasteiger partial charge in [0.2, 0.25) is 0 Å². The molecule has 3 aromatic carbocycles. The Morgan fingerprint density at radius 3 is 1.33 bits per heavy atom. The van der Waals surface area contributed by atoms with Crippen molar-refractivity contribution in [1.82, 2.24) is 14.7 Å². The van der Waals surface area contributed by atoms with E-state index in [0.29, 0.717) is 45.9 Å². The number of aliphatic hydroxyl groups is 1. The molecule has 0 radical (unpaired) electrons. The van der Waals surface area contributed by atoms with Crippen LogP contribution in [0.25, 0.3) is 0 Å². The van der Waals surface area contributed by atoms with Crippen molar-refractivity contribution in [1.29, 1.82) is 0 Å². The van der Waals surface area contributed by atoms with Crippen LogP contribution in [-0.2, 0) is 38.8 Å². The fourth-order valence-electron chi connectivity index (χ4n) is 5.18. The molecule has 0 aliphatic carbocycles. The number of benzene rings is 3. The van der Waals surface area contributed by atoms with Crippen molar-refractivity contribution in [2.45, 2.75) is 44.2 Å². The van der Waals surface area contributed by atoms with E-state index in [4.69, 9.17) is 47.9 Å². The van der Waals surface area contributed by atoms with Crippen LogP contribution in [-0.4, -0.2) is 107 Å². The number of carbonyl (C=O) groups excluding carboxylic acids is 3. The zero-order valence-electron chi connectivity index (χ0n) is 28.2. The third-order valence-corrected chi connectivity index (χ3v) is 8.03. The first-order valence-corrected chi connectivity index (χ1v) is 17.6.